The molecule has 0 unspecified atom stereocenters. The number of nitrogens with zero attached hydrogens (tertiary/aromatic N) is 2. The number of rotatable bonds is 5. The fraction of sp³-hybridized carbons (Fsp3) is 0.412. The Morgan fingerprint density at radius 3 is 2.57 bits per heavy atom. The molecule has 0 spiro atoms. The first-order chi connectivity index (χ1) is 10.8. The number of aliphatic hydroxyl groups excluding tert-OH is 2. The highest BCUT2D eigenvalue weighted by atomic mass is 16.3. The molecular weight excluding hydrogens is 296 g/mol. The maximum Gasteiger partial charge on any atom is 0.263 e. The van der Waals surface area contributed by atoms with Crippen molar-refractivity contribution < 1.29 is 15.3 Å². The van der Waals surface area contributed by atoms with Crippen LogP contribution in [0.25, 0.3) is 10.9 Å². The van der Waals surface area contributed by atoms with Gasteiger partial charge >= 0.3 is 0 Å². The third kappa shape index (κ3) is 3.13. The molecule has 0 aliphatic carbocycles. The molecule has 6 nitrogen and oxygen atoms in total. The monoisotopic (exact) mass is 318 g/mol. The SMILES string of the molecule is CC(=N[C@](C)(CO)CCO)c1c(O)c2ccccc2n(C)c1=O. The number of benzene rings is 1. The van der Waals surface area contributed by atoms with E-state index in [0.717, 1.165) is 0 Å². The van der Waals surface area contributed by atoms with Crippen LogP contribution in [0.4, 0.5) is 0 Å². The Labute approximate surface area is 134 Å². The second-order valence-corrected chi connectivity index (χ2v) is 5.93. The van der Waals surface area contributed by atoms with Crippen LogP contribution in [0.15, 0.2) is 34.1 Å². The fourth-order valence-corrected chi connectivity index (χ4v) is 2.68. The Kier molecular flexibility index (Phi) is 4.87. The van der Waals surface area contributed by atoms with Gasteiger partial charge in [0.15, 0.2) is 0 Å². The van der Waals surface area contributed by atoms with Gasteiger partial charge in [0.2, 0.25) is 0 Å². The lowest BCUT2D eigenvalue weighted by atomic mass is 9.99. The van der Waals surface area contributed by atoms with Crippen LogP contribution in [0.5, 0.6) is 5.75 Å². The molecule has 1 atom stereocenters. The van der Waals surface area contributed by atoms with Gasteiger partial charge in [0.05, 0.1) is 17.7 Å². The highest BCUT2D eigenvalue weighted by Gasteiger charge is 2.24. The molecular formula is C17H22N2O4. The van der Waals surface area contributed by atoms with Gasteiger partial charge in [-0.3, -0.25) is 9.79 Å². The van der Waals surface area contributed by atoms with Crippen LogP contribution in [-0.2, 0) is 7.05 Å². The van der Waals surface area contributed by atoms with E-state index in [1.807, 2.05) is 0 Å². The standard InChI is InChI=1S/C17H22N2O4/c1-11(18-17(2,10-21)8-9-20)14-15(22)12-6-4-5-7-13(12)19(3)16(14)23/h4-7,20-22H,8-10H2,1-3H3/t17-/m0/s1. The third-order valence-corrected chi connectivity index (χ3v) is 4.07. The molecule has 2 rings (SSSR count). The van der Waals surface area contributed by atoms with E-state index >= 15 is 0 Å². The largest absolute Gasteiger partial charge is 0.506 e. The van der Waals surface area contributed by atoms with Crippen molar-refractivity contribution in [1.82, 2.24) is 4.57 Å². The zero-order valence-corrected chi connectivity index (χ0v) is 13.6. The molecule has 0 aliphatic heterocycles. The van der Waals surface area contributed by atoms with Crippen molar-refractivity contribution in [2.24, 2.45) is 12.0 Å². The molecule has 23 heavy (non-hydrogen) atoms. The van der Waals surface area contributed by atoms with E-state index in [-0.39, 0.29) is 36.5 Å². The molecule has 124 valence electrons. The van der Waals surface area contributed by atoms with Gasteiger partial charge in [-0.25, -0.2) is 0 Å². The van der Waals surface area contributed by atoms with E-state index in [1.54, 1.807) is 45.2 Å². The van der Waals surface area contributed by atoms with Gasteiger partial charge in [-0.05, 0) is 32.4 Å². The summed E-state index contributed by atoms with van der Waals surface area (Å²) in [6.45, 7) is 2.92. The Hall–Kier alpha value is -2.18. The Bertz CT molecular complexity index is 810. The zero-order valence-electron chi connectivity index (χ0n) is 13.6. The van der Waals surface area contributed by atoms with E-state index < -0.39 is 5.54 Å². The highest BCUT2D eigenvalue weighted by molar-refractivity contribution is 6.05. The summed E-state index contributed by atoms with van der Waals surface area (Å²) in [5.74, 6) is -0.116. The number of aliphatic hydroxyl groups is 2. The van der Waals surface area contributed by atoms with E-state index in [1.165, 1.54) is 4.57 Å². The van der Waals surface area contributed by atoms with Gasteiger partial charge in [0.1, 0.15) is 11.3 Å². The average molecular weight is 318 g/mol. The van der Waals surface area contributed by atoms with E-state index in [4.69, 9.17) is 5.11 Å². The molecule has 1 aromatic carbocycles. The van der Waals surface area contributed by atoms with E-state index in [9.17, 15) is 15.0 Å². The molecule has 0 saturated carbocycles. The summed E-state index contributed by atoms with van der Waals surface area (Å²) < 4.78 is 1.46. The minimum absolute atomic E-state index is 0.115. The molecule has 6 heteroatoms. The van der Waals surface area contributed by atoms with Crippen LogP contribution < -0.4 is 5.56 Å². The van der Waals surface area contributed by atoms with E-state index in [0.29, 0.717) is 16.6 Å². The van der Waals surface area contributed by atoms with Crippen LogP contribution >= 0.6 is 0 Å². The Balaban J connectivity index is 2.71. The van der Waals surface area contributed by atoms with Gasteiger partial charge < -0.3 is 19.9 Å². The summed E-state index contributed by atoms with van der Waals surface area (Å²) >= 11 is 0. The fourth-order valence-electron chi connectivity index (χ4n) is 2.68. The molecule has 0 bridgehead atoms. The minimum atomic E-state index is -0.901. The molecule has 1 aromatic heterocycles. The maximum atomic E-state index is 12.6. The molecule has 2 aromatic rings. The first-order valence-corrected chi connectivity index (χ1v) is 7.44. The third-order valence-electron chi connectivity index (χ3n) is 4.07. The normalized spacial score (nSPS) is 14.9. The second kappa shape index (κ2) is 6.52. The summed E-state index contributed by atoms with van der Waals surface area (Å²) in [6, 6.07) is 7.08. The topological polar surface area (TPSA) is 95.1 Å². The van der Waals surface area contributed by atoms with Gasteiger partial charge in [0.25, 0.3) is 5.56 Å². The summed E-state index contributed by atoms with van der Waals surface area (Å²) in [7, 11) is 1.64. The van der Waals surface area contributed by atoms with Gasteiger partial charge in [-0.1, -0.05) is 12.1 Å². The van der Waals surface area contributed by atoms with Gasteiger partial charge in [-0.2, -0.15) is 0 Å². The maximum absolute atomic E-state index is 12.6. The number of para-hydroxylation sites is 1. The van der Waals surface area contributed by atoms with Crippen molar-refractivity contribution >= 4 is 16.6 Å². The molecule has 0 aliphatic rings. The van der Waals surface area contributed by atoms with Crippen LogP contribution in [-0.4, -0.2) is 44.4 Å². The van der Waals surface area contributed by atoms with Crippen molar-refractivity contribution in [3.05, 3.63) is 40.2 Å². The van der Waals surface area contributed by atoms with Crippen molar-refractivity contribution in [1.29, 1.82) is 0 Å². The smallest absolute Gasteiger partial charge is 0.263 e. The summed E-state index contributed by atoms with van der Waals surface area (Å²) in [6.07, 6.45) is 0.259. The molecule has 0 fully saturated rings. The summed E-state index contributed by atoms with van der Waals surface area (Å²) in [4.78, 5) is 17.0. The number of aromatic nitrogens is 1. The van der Waals surface area contributed by atoms with Crippen molar-refractivity contribution in [2.75, 3.05) is 13.2 Å². The molecule has 0 amide bonds. The Morgan fingerprint density at radius 1 is 1.30 bits per heavy atom. The lowest BCUT2D eigenvalue weighted by molar-refractivity contribution is 0.169. The Morgan fingerprint density at radius 2 is 1.96 bits per heavy atom. The molecule has 1 heterocycles. The quantitative estimate of drug-likeness (QED) is 0.722. The number of hydrogen-bond acceptors (Lipinski definition) is 5. The first kappa shape index (κ1) is 17.2. The highest BCUT2D eigenvalue weighted by Crippen LogP contribution is 2.27. The number of fused-ring (bicyclic) bond motifs is 1. The van der Waals surface area contributed by atoms with E-state index in [2.05, 4.69) is 4.99 Å². The minimum Gasteiger partial charge on any atom is -0.506 e. The molecule has 3 N–H and O–H groups in total. The predicted molar refractivity (Wildman–Crippen MR) is 90.3 cm³/mol. The lowest BCUT2D eigenvalue weighted by Gasteiger charge is -2.23. The molecule has 0 saturated heterocycles. The first-order valence-electron chi connectivity index (χ1n) is 7.44. The summed E-state index contributed by atoms with van der Waals surface area (Å²) in [5, 5.41) is 29.7. The van der Waals surface area contributed by atoms with Crippen molar-refractivity contribution in [2.45, 2.75) is 25.8 Å². The lowest BCUT2D eigenvalue weighted by Crippen LogP contribution is -2.31. The number of aliphatic imine (C=N–C) groups is 1. The number of aromatic hydroxyl groups is 1. The average Bonchev–Trinajstić information content (AvgIpc) is 2.53. The number of pyridine rings is 1. The van der Waals surface area contributed by atoms with Crippen LogP contribution in [0, 0.1) is 0 Å². The van der Waals surface area contributed by atoms with Gasteiger partial charge in [0, 0.05) is 24.8 Å². The van der Waals surface area contributed by atoms with Crippen LogP contribution in [0.2, 0.25) is 0 Å². The predicted octanol–water partition coefficient (Wildman–Crippen LogP) is 1.19. The van der Waals surface area contributed by atoms with Crippen LogP contribution in [0.3, 0.4) is 0 Å². The zero-order chi connectivity index (χ0) is 17.2. The van der Waals surface area contributed by atoms with Crippen LogP contribution in [0.1, 0.15) is 25.8 Å². The number of aryl methyl sites for hydroxylation is 1. The van der Waals surface area contributed by atoms with Crippen molar-refractivity contribution in [3.63, 3.8) is 0 Å². The van der Waals surface area contributed by atoms with Crippen molar-refractivity contribution in [3.8, 4) is 5.75 Å². The second-order valence-electron chi connectivity index (χ2n) is 5.93. The van der Waals surface area contributed by atoms with Gasteiger partial charge in [-0.15, -0.1) is 0 Å². The number of hydrogen-bond donors (Lipinski definition) is 3. The molecule has 0 radical (unpaired) electrons. The summed E-state index contributed by atoms with van der Waals surface area (Å²) in [5.41, 5.74) is -0.177.